The van der Waals surface area contributed by atoms with E-state index in [9.17, 15) is 9.59 Å². The average molecular weight is 267 g/mol. The summed E-state index contributed by atoms with van der Waals surface area (Å²) in [5, 5.41) is 11.7. The molecule has 0 radical (unpaired) electrons. The smallest absolute Gasteiger partial charge is 0.326 e. The lowest BCUT2D eigenvalue weighted by Gasteiger charge is -2.16. The molecular weight excluding hydrogens is 250 g/mol. The van der Waals surface area contributed by atoms with Crippen LogP contribution in [0.25, 0.3) is 0 Å². The summed E-state index contributed by atoms with van der Waals surface area (Å²) in [6.45, 7) is 2.25. The Morgan fingerprint density at radius 1 is 1.68 bits per heavy atom. The number of imidazole rings is 1. The van der Waals surface area contributed by atoms with Crippen molar-refractivity contribution in [1.29, 1.82) is 0 Å². The van der Waals surface area contributed by atoms with Crippen LogP contribution < -0.4 is 5.32 Å². The van der Waals surface area contributed by atoms with E-state index in [4.69, 9.17) is 9.84 Å². The maximum atomic E-state index is 12.0. The van der Waals surface area contributed by atoms with Crippen LogP contribution in [0, 0.1) is 5.92 Å². The molecule has 1 aliphatic heterocycles. The fourth-order valence-electron chi connectivity index (χ4n) is 2.11. The number of carboxylic acid groups (broad SMARTS) is 1. The van der Waals surface area contributed by atoms with Gasteiger partial charge < -0.3 is 20.1 Å². The van der Waals surface area contributed by atoms with Gasteiger partial charge in [0.2, 0.25) is 5.91 Å². The first kappa shape index (κ1) is 13.5. The third-order valence-corrected chi connectivity index (χ3v) is 3.16. The van der Waals surface area contributed by atoms with Gasteiger partial charge in [0, 0.05) is 18.3 Å². The van der Waals surface area contributed by atoms with Gasteiger partial charge in [-0.3, -0.25) is 4.79 Å². The van der Waals surface area contributed by atoms with Gasteiger partial charge in [-0.1, -0.05) is 0 Å². The average Bonchev–Trinajstić information content (AvgIpc) is 2.99. The van der Waals surface area contributed by atoms with Crippen molar-refractivity contribution in [2.24, 2.45) is 5.92 Å². The Hall–Kier alpha value is -1.89. The molecule has 7 nitrogen and oxygen atoms in total. The van der Waals surface area contributed by atoms with Crippen molar-refractivity contribution in [1.82, 2.24) is 15.3 Å². The summed E-state index contributed by atoms with van der Waals surface area (Å²) in [6.07, 6.45) is 3.88. The predicted octanol–water partition coefficient (Wildman–Crippen LogP) is -0.0534. The summed E-state index contributed by atoms with van der Waals surface area (Å²) in [5.41, 5.74) is 0.670. The molecule has 1 saturated heterocycles. The van der Waals surface area contributed by atoms with Crippen LogP contribution in [0.2, 0.25) is 0 Å². The lowest BCUT2D eigenvalue weighted by molar-refractivity contribution is -0.142. The minimum absolute atomic E-state index is 0.0478. The summed E-state index contributed by atoms with van der Waals surface area (Å²) in [7, 11) is 0. The molecule has 104 valence electrons. The normalized spacial score (nSPS) is 24.1. The molecule has 2 rings (SSSR count). The molecule has 0 aliphatic carbocycles. The quantitative estimate of drug-likeness (QED) is 0.693. The van der Waals surface area contributed by atoms with Crippen molar-refractivity contribution in [2.45, 2.75) is 31.9 Å². The van der Waals surface area contributed by atoms with Crippen LogP contribution >= 0.6 is 0 Å². The van der Waals surface area contributed by atoms with E-state index in [1.165, 1.54) is 6.33 Å². The Morgan fingerprint density at radius 2 is 2.47 bits per heavy atom. The van der Waals surface area contributed by atoms with Gasteiger partial charge in [0.05, 0.1) is 25.0 Å². The predicted molar refractivity (Wildman–Crippen MR) is 65.4 cm³/mol. The van der Waals surface area contributed by atoms with Crippen LogP contribution in [0.15, 0.2) is 12.5 Å². The summed E-state index contributed by atoms with van der Waals surface area (Å²) < 4.78 is 5.31. The number of hydrogen-bond acceptors (Lipinski definition) is 4. The van der Waals surface area contributed by atoms with E-state index < -0.39 is 12.0 Å². The Kier molecular flexibility index (Phi) is 4.16. The van der Waals surface area contributed by atoms with Crippen molar-refractivity contribution >= 4 is 11.9 Å². The lowest BCUT2D eigenvalue weighted by atomic mass is 10.0. The summed E-state index contributed by atoms with van der Waals surface area (Å²) in [4.78, 5) is 29.8. The van der Waals surface area contributed by atoms with Gasteiger partial charge in [0.25, 0.3) is 0 Å². The molecule has 3 N–H and O–H groups in total. The Labute approximate surface area is 110 Å². The zero-order valence-corrected chi connectivity index (χ0v) is 10.6. The highest BCUT2D eigenvalue weighted by Gasteiger charge is 2.31. The minimum atomic E-state index is -1.06. The molecule has 0 bridgehead atoms. The molecule has 0 aromatic carbocycles. The fraction of sp³-hybridized carbons (Fsp3) is 0.583. The number of rotatable bonds is 5. The van der Waals surface area contributed by atoms with E-state index >= 15 is 0 Å². The second-order valence-electron chi connectivity index (χ2n) is 4.76. The number of hydrogen-bond donors (Lipinski definition) is 3. The van der Waals surface area contributed by atoms with Crippen LogP contribution in [0.3, 0.4) is 0 Å². The van der Waals surface area contributed by atoms with Crippen LogP contribution in [0.1, 0.15) is 19.0 Å². The zero-order valence-electron chi connectivity index (χ0n) is 10.6. The van der Waals surface area contributed by atoms with E-state index in [0.717, 1.165) is 0 Å². The number of ether oxygens (including phenoxy) is 1. The standard InChI is InChI=1S/C12H17N3O4/c1-7-2-8(5-19-7)11(16)15-10(12(17)18)3-9-4-13-6-14-9/h4,6-8,10H,2-3,5H2,1H3,(H,13,14)(H,15,16)(H,17,18)/t7?,8?,10-/m1/s1. The Morgan fingerprint density at radius 3 is 3.00 bits per heavy atom. The highest BCUT2D eigenvalue weighted by atomic mass is 16.5. The first-order valence-electron chi connectivity index (χ1n) is 6.18. The number of aliphatic carboxylic acids is 1. The minimum Gasteiger partial charge on any atom is -0.480 e. The topological polar surface area (TPSA) is 104 Å². The maximum Gasteiger partial charge on any atom is 0.326 e. The highest BCUT2D eigenvalue weighted by Crippen LogP contribution is 2.19. The van der Waals surface area contributed by atoms with Gasteiger partial charge >= 0.3 is 5.97 Å². The van der Waals surface area contributed by atoms with E-state index in [-0.39, 0.29) is 24.3 Å². The molecule has 2 unspecified atom stereocenters. The molecule has 1 aromatic rings. The molecular formula is C12H17N3O4. The van der Waals surface area contributed by atoms with Gasteiger partial charge in [-0.15, -0.1) is 0 Å². The number of H-pyrrole nitrogens is 1. The van der Waals surface area contributed by atoms with Crippen LogP contribution in [-0.2, 0) is 20.7 Å². The van der Waals surface area contributed by atoms with E-state index in [2.05, 4.69) is 15.3 Å². The van der Waals surface area contributed by atoms with Crippen molar-refractivity contribution in [3.63, 3.8) is 0 Å². The van der Waals surface area contributed by atoms with Gasteiger partial charge in [0.15, 0.2) is 0 Å². The van der Waals surface area contributed by atoms with Gasteiger partial charge in [0.1, 0.15) is 6.04 Å². The highest BCUT2D eigenvalue weighted by molar-refractivity contribution is 5.85. The SMILES string of the molecule is CC1CC(C(=O)N[C@H](Cc2cnc[nH]2)C(=O)O)CO1. The second kappa shape index (κ2) is 5.83. The number of nitrogens with one attached hydrogen (secondary N) is 2. The molecule has 1 aromatic heterocycles. The molecule has 1 amide bonds. The maximum absolute atomic E-state index is 12.0. The van der Waals surface area contributed by atoms with Crippen LogP contribution in [-0.4, -0.2) is 45.7 Å². The van der Waals surface area contributed by atoms with Crippen LogP contribution in [0.4, 0.5) is 0 Å². The molecule has 0 spiro atoms. The molecule has 19 heavy (non-hydrogen) atoms. The number of aromatic nitrogens is 2. The first-order valence-corrected chi connectivity index (χ1v) is 6.18. The zero-order chi connectivity index (χ0) is 13.8. The van der Waals surface area contributed by atoms with Crippen molar-refractivity contribution in [2.75, 3.05) is 6.61 Å². The second-order valence-corrected chi connectivity index (χ2v) is 4.76. The number of aromatic amines is 1. The molecule has 7 heteroatoms. The van der Waals surface area contributed by atoms with E-state index in [1.807, 2.05) is 6.92 Å². The third-order valence-electron chi connectivity index (χ3n) is 3.16. The number of nitrogens with zero attached hydrogens (tertiary/aromatic N) is 1. The van der Waals surface area contributed by atoms with Gasteiger partial charge in [-0.25, -0.2) is 9.78 Å². The van der Waals surface area contributed by atoms with Gasteiger partial charge in [-0.2, -0.15) is 0 Å². The fourth-order valence-corrected chi connectivity index (χ4v) is 2.11. The molecule has 2 heterocycles. The van der Waals surface area contributed by atoms with Crippen molar-refractivity contribution in [3.8, 4) is 0 Å². The van der Waals surface area contributed by atoms with Crippen molar-refractivity contribution in [3.05, 3.63) is 18.2 Å². The number of amides is 1. The largest absolute Gasteiger partial charge is 0.480 e. The Bertz CT molecular complexity index is 446. The number of carbonyl (C=O) groups excluding carboxylic acids is 1. The molecule has 3 atom stereocenters. The summed E-state index contributed by atoms with van der Waals surface area (Å²) >= 11 is 0. The monoisotopic (exact) mass is 267 g/mol. The lowest BCUT2D eigenvalue weighted by Crippen LogP contribution is -2.45. The molecule has 1 aliphatic rings. The van der Waals surface area contributed by atoms with Crippen molar-refractivity contribution < 1.29 is 19.4 Å². The number of carboxylic acids is 1. The summed E-state index contributed by atoms with van der Waals surface area (Å²) in [6, 6.07) is -0.955. The molecule has 0 saturated carbocycles. The van der Waals surface area contributed by atoms with Crippen LogP contribution in [0.5, 0.6) is 0 Å². The van der Waals surface area contributed by atoms with Gasteiger partial charge in [-0.05, 0) is 13.3 Å². The molecule has 1 fully saturated rings. The number of carbonyl (C=O) groups is 2. The van der Waals surface area contributed by atoms with E-state index in [0.29, 0.717) is 18.7 Å². The summed E-state index contributed by atoms with van der Waals surface area (Å²) in [5.74, 6) is -1.59. The third kappa shape index (κ3) is 3.54. The van der Waals surface area contributed by atoms with E-state index in [1.54, 1.807) is 6.20 Å². The Balaban J connectivity index is 1.93. The first-order chi connectivity index (χ1) is 9.06.